The molecule has 1 aromatic rings. The Labute approximate surface area is 148 Å². The van der Waals surface area contributed by atoms with Crippen LogP contribution < -0.4 is 0 Å². The quantitative estimate of drug-likeness (QED) is 0.630. The summed E-state index contributed by atoms with van der Waals surface area (Å²) in [4.78, 5) is 22.4. The highest BCUT2D eigenvalue weighted by molar-refractivity contribution is 6.74. The second kappa shape index (κ2) is 7.52. The van der Waals surface area contributed by atoms with Crippen molar-refractivity contribution < 1.29 is 24.2 Å². The number of aromatic carboxylic acids is 2. The van der Waals surface area contributed by atoms with E-state index in [0.717, 1.165) is 12.1 Å². The van der Waals surface area contributed by atoms with E-state index in [9.17, 15) is 9.59 Å². The maximum absolute atomic E-state index is 11.2. The van der Waals surface area contributed by atoms with Crippen molar-refractivity contribution in [1.29, 1.82) is 5.26 Å². The van der Waals surface area contributed by atoms with Crippen LogP contribution in [0.15, 0.2) is 12.1 Å². The van der Waals surface area contributed by atoms with Crippen molar-refractivity contribution in [2.24, 2.45) is 0 Å². The highest BCUT2D eigenvalue weighted by atomic mass is 28.4. The van der Waals surface area contributed by atoms with Gasteiger partial charge in [-0.2, -0.15) is 5.26 Å². The van der Waals surface area contributed by atoms with E-state index in [0.29, 0.717) is 0 Å². The molecule has 0 aliphatic rings. The molecule has 0 saturated carbocycles. The molecule has 0 bridgehead atoms. The van der Waals surface area contributed by atoms with Gasteiger partial charge in [-0.3, -0.25) is 0 Å². The van der Waals surface area contributed by atoms with Crippen molar-refractivity contribution in [3.05, 3.63) is 34.4 Å². The average Bonchev–Trinajstić information content (AvgIpc) is 2.49. The summed E-state index contributed by atoms with van der Waals surface area (Å²) < 4.78 is 5.90. The SMILES string of the molecule is CC(C)(C)[Si](C)(C)OCC#Cc1cc(C(=O)O)c(C(=O)O)cc1C#N. The van der Waals surface area contributed by atoms with Crippen LogP contribution >= 0.6 is 0 Å². The number of carboxylic acid groups (broad SMARTS) is 2. The molecule has 0 radical (unpaired) electrons. The van der Waals surface area contributed by atoms with Crippen molar-refractivity contribution in [2.45, 2.75) is 38.9 Å². The van der Waals surface area contributed by atoms with Gasteiger partial charge in [-0.05, 0) is 30.3 Å². The van der Waals surface area contributed by atoms with Crippen LogP contribution in [0.1, 0.15) is 52.6 Å². The van der Waals surface area contributed by atoms with Crippen LogP contribution in [-0.2, 0) is 4.43 Å². The van der Waals surface area contributed by atoms with E-state index in [4.69, 9.17) is 19.9 Å². The first-order valence-corrected chi connectivity index (χ1v) is 10.5. The lowest BCUT2D eigenvalue weighted by Crippen LogP contribution is -2.40. The highest BCUT2D eigenvalue weighted by Gasteiger charge is 2.36. The van der Waals surface area contributed by atoms with Gasteiger partial charge in [-0.1, -0.05) is 32.6 Å². The van der Waals surface area contributed by atoms with Crippen LogP contribution in [-0.4, -0.2) is 37.1 Å². The molecular weight excluding hydrogens is 338 g/mol. The number of carbonyl (C=O) groups is 2. The van der Waals surface area contributed by atoms with Crippen molar-refractivity contribution >= 4 is 20.3 Å². The molecule has 1 aromatic carbocycles. The average molecular weight is 359 g/mol. The molecule has 0 fully saturated rings. The van der Waals surface area contributed by atoms with E-state index in [1.54, 1.807) is 0 Å². The number of nitrogens with zero attached hydrogens (tertiary/aromatic N) is 1. The molecule has 0 aromatic heterocycles. The lowest BCUT2D eigenvalue weighted by Gasteiger charge is -2.35. The van der Waals surface area contributed by atoms with Crippen molar-refractivity contribution in [3.8, 4) is 17.9 Å². The molecule has 1 rings (SSSR count). The Bertz CT molecular complexity index is 804. The topological polar surface area (TPSA) is 108 Å². The second-order valence-corrected chi connectivity index (χ2v) is 11.8. The van der Waals surface area contributed by atoms with Gasteiger partial charge in [0.05, 0.1) is 23.3 Å². The Hall–Kier alpha value is -2.61. The summed E-state index contributed by atoms with van der Waals surface area (Å²) in [5.74, 6) is 2.71. The molecule has 0 unspecified atom stereocenters. The molecular formula is C18H21NO5Si. The Morgan fingerprint density at radius 2 is 1.60 bits per heavy atom. The minimum atomic E-state index is -1.96. The van der Waals surface area contributed by atoms with E-state index < -0.39 is 31.4 Å². The molecule has 0 aliphatic heterocycles. The van der Waals surface area contributed by atoms with Crippen molar-refractivity contribution in [2.75, 3.05) is 6.61 Å². The monoisotopic (exact) mass is 359 g/mol. The zero-order valence-electron chi connectivity index (χ0n) is 14.9. The molecule has 0 aliphatic carbocycles. The van der Waals surface area contributed by atoms with Crippen LogP contribution in [0.2, 0.25) is 18.1 Å². The molecule has 6 nitrogen and oxygen atoms in total. The standard InChI is InChI=1S/C18H21NO5Si/c1-18(2,3)25(4,5)24-8-6-7-12-9-14(16(20)21)15(17(22)23)10-13(12)11-19/h9-10H,8H2,1-5H3,(H,20,21)(H,22,23). The molecule has 132 valence electrons. The van der Waals surface area contributed by atoms with Crippen LogP contribution in [0.4, 0.5) is 0 Å². The van der Waals surface area contributed by atoms with Gasteiger partial charge in [0.2, 0.25) is 0 Å². The first kappa shape index (κ1) is 20.4. The molecule has 0 amide bonds. The maximum atomic E-state index is 11.2. The van der Waals surface area contributed by atoms with E-state index in [1.807, 2.05) is 6.07 Å². The summed E-state index contributed by atoms with van der Waals surface area (Å²) in [6.45, 7) is 10.6. The third kappa shape index (κ3) is 4.93. The third-order valence-electron chi connectivity index (χ3n) is 4.27. The van der Waals surface area contributed by atoms with Gasteiger partial charge in [-0.25, -0.2) is 9.59 Å². The summed E-state index contributed by atoms with van der Waals surface area (Å²) in [7, 11) is -1.96. The second-order valence-electron chi connectivity index (χ2n) is 7.02. The zero-order chi connectivity index (χ0) is 19.4. The van der Waals surface area contributed by atoms with Crippen LogP contribution in [0.3, 0.4) is 0 Å². The van der Waals surface area contributed by atoms with Crippen LogP contribution in [0, 0.1) is 23.2 Å². The normalized spacial score (nSPS) is 11.2. The number of hydrogen-bond donors (Lipinski definition) is 2. The predicted molar refractivity (Wildman–Crippen MR) is 95.1 cm³/mol. The summed E-state index contributed by atoms with van der Waals surface area (Å²) in [5.41, 5.74) is -0.654. The fourth-order valence-corrected chi connectivity index (χ4v) is 2.58. The Morgan fingerprint density at radius 3 is 2.00 bits per heavy atom. The largest absolute Gasteiger partial charge is 0.478 e. The molecule has 25 heavy (non-hydrogen) atoms. The smallest absolute Gasteiger partial charge is 0.336 e. The fourth-order valence-electron chi connectivity index (χ4n) is 1.71. The van der Waals surface area contributed by atoms with Gasteiger partial charge in [0, 0.05) is 5.56 Å². The van der Waals surface area contributed by atoms with Crippen molar-refractivity contribution in [1.82, 2.24) is 0 Å². The Balaban J connectivity index is 3.16. The number of benzene rings is 1. The fraction of sp³-hybridized carbons (Fsp3) is 0.389. The van der Waals surface area contributed by atoms with Gasteiger partial charge < -0.3 is 14.6 Å². The summed E-state index contributed by atoms with van der Waals surface area (Å²) in [5, 5.41) is 27.4. The lowest BCUT2D eigenvalue weighted by atomic mass is 9.99. The first-order chi connectivity index (χ1) is 11.4. The number of hydrogen-bond acceptors (Lipinski definition) is 4. The van der Waals surface area contributed by atoms with Gasteiger partial charge in [0.25, 0.3) is 0 Å². The summed E-state index contributed by atoms with van der Waals surface area (Å²) in [6.07, 6.45) is 0. The predicted octanol–water partition coefficient (Wildman–Crippen LogP) is 3.33. The Morgan fingerprint density at radius 1 is 1.12 bits per heavy atom. The van der Waals surface area contributed by atoms with Crippen LogP contribution in [0.25, 0.3) is 0 Å². The Kier molecular flexibility index (Phi) is 6.14. The van der Waals surface area contributed by atoms with Gasteiger partial charge in [0.1, 0.15) is 6.07 Å². The summed E-state index contributed by atoms with van der Waals surface area (Å²) in [6, 6.07) is 3.99. The van der Waals surface area contributed by atoms with E-state index in [-0.39, 0.29) is 22.8 Å². The minimum Gasteiger partial charge on any atom is -0.478 e. The van der Waals surface area contributed by atoms with Gasteiger partial charge >= 0.3 is 11.9 Å². The maximum Gasteiger partial charge on any atom is 0.336 e. The first-order valence-electron chi connectivity index (χ1n) is 7.58. The van der Waals surface area contributed by atoms with E-state index in [2.05, 4.69) is 45.7 Å². The number of nitriles is 1. The van der Waals surface area contributed by atoms with Gasteiger partial charge in [0.15, 0.2) is 8.32 Å². The molecule has 7 heteroatoms. The number of rotatable bonds is 4. The molecule has 0 spiro atoms. The molecule has 2 N–H and O–H groups in total. The molecule has 0 saturated heterocycles. The summed E-state index contributed by atoms with van der Waals surface area (Å²) >= 11 is 0. The van der Waals surface area contributed by atoms with Crippen molar-refractivity contribution in [3.63, 3.8) is 0 Å². The number of carboxylic acids is 2. The lowest BCUT2D eigenvalue weighted by molar-refractivity contribution is 0.0651. The highest BCUT2D eigenvalue weighted by Crippen LogP contribution is 2.36. The minimum absolute atomic E-state index is 0.0160. The van der Waals surface area contributed by atoms with Gasteiger partial charge in [-0.15, -0.1) is 0 Å². The third-order valence-corrected chi connectivity index (χ3v) is 8.75. The molecule has 0 heterocycles. The van der Waals surface area contributed by atoms with E-state index in [1.165, 1.54) is 0 Å². The molecule has 0 atom stereocenters. The van der Waals surface area contributed by atoms with Crippen LogP contribution in [0.5, 0.6) is 0 Å². The van der Waals surface area contributed by atoms with E-state index >= 15 is 0 Å². The zero-order valence-corrected chi connectivity index (χ0v) is 15.9.